The van der Waals surface area contributed by atoms with Gasteiger partial charge in [0.25, 0.3) is 0 Å². The third-order valence-corrected chi connectivity index (χ3v) is 5.44. The highest BCUT2D eigenvalue weighted by molar-refractivity contribution is 5.98. The summed E-state index contributed by atoms with van der Waals surface area (Å²) in [5.74, 6) is 0.691. The lowest BCUT2D eigenvalue weighted by molar-refractivity contribution is -0.131. The summed E-state index contributed by atoms with van der Waals surface area (Å²) in [5, 5.41) is 0. The molecule has 0 unspecified atom stereocenters. The first-order valence-corrected chi connectivity index (χ1v) is 9.92. The van der Waals surface area contributed by atoms with Crippen molar-refractivity contribution in [2.75, 3.05) is 49.6 Å². The molecule has 0 aromatic heterocycles. The Morgan fingerprint density at radius 3 is 2.17 bits per heavy atom. The van der Waals surface area contributed by atoms with Gasteiger partial charge in [-0.3, -0.25) is 9.59 Å². The summed E-state index contributed by atoms with van der Waals surface area (Å²) in [7, 11) is 1.67. The molecule has 29 heavy (non-hydrogen) atoms. The number of nitrogens with zero attached hydrogens (tertiary/aromatic N) is 3. The molecule has 6 nitrogen and oxygen atoms in total. The average Bonchev–Trinajstić information content (AvgIpc) is 2.72. The lowest BCUT2D eigenvalue weighted by Gasteiger charge is -2.37. The lowest BCUT2D eigenvalue weighted by atomic mass is 10.1. The highest BCUT2D eigenvalue weighted by Crippen LogP contribution is 2.29. The maximum atomic E-state index is 13.0. The van der Waals surface area contributed by atoms with Crippen molar-refractivity contribution in [1.29, 1.82) is 0 Å². The van der Waals surface area contributed by atoms with Gasteiger partial charge in [0.05, 0.1) is 18.5 Å². The normalized spacial score (nSPS) is 13.9. The van der Waals surface area contributed by atoms with Gasteiger partial charge in [-0.05, 0) is 37.1 Å². The van der Waals surface area contributed by atoms with E-state index < -0.39 is 0 Å². The second kappa shape index (κ2) is 8.99. The molecule has 2 aromatic rings. The minimum Gasteiger partial charge on any atom is -0.495 e. The summed E-state index contributed by atoms with van der Waals surface area (Å²) in [6, 6.07) is 13.8. The number of para-hydroxylation sites is 3. The van der Waals surface area contributed by atoms with Crippen molar-refractivity contribution in [3.63, 3.8) is 0 Å². The van der Waals surface area contributed by atoms with Gasteiger partial charge in [-0.2, -0.15) is 0 Å². The molecule has 3 rings (SSSR count). The third kappa shape index (κ3) is 4.53. The van der Waals surface area contributed by atoms with E-state index in [1.54, 1.807) is 12.0 Å². The molecule has 0 radical (unpaired) electrons. The van der Waals surface area contributed by atoms with Crippen LogP contribution in [0.3, 0.4) is 0 Å². The Balaban J connectivity index is 1.68. The molecule has 1 heterocycles. The fraction of sp³-hybridized carbons (Fsp3) is 0.391. The van der Waals surface area contributed by atoms with E-state index in [2.05, 4.69) is 4.90 Å². The zero-order valence-electron chi connectivity index (χ0n) is 17.6. The predicted molar refractivity (Wildman–Crippen MR) is 116 cm³/mol. The second-order valence-electron chi connectivity index (χ2n) is 7.39. The molecule has 2 amide bonds. The molecule has 0 atom stereocenters. The fourth-order valence-corrected chi connectivity index (χ4v) is 3.90. The van der Waals surface area contributed by atoms with Crippen LogP contribution >= 0.6 is 0 Å². The first-order chi connectivity index (χ1) is 13.9. The van der Waals surface area contributed by atoms with Crippen LogP contribution in [0.4, 0.5) is 11.4 Å². The third-order valence-electron chi connectivity index (χ3n) is 5.44. The largest absolute Gasteiger partial charge is 0.495 e. The molecule has 1 fully saturated rings. The lowest BCUT2D eigenvalue weighted by Crippen LogP contribution is -2.52. The number of methoxy groups -OCH3 is 1. The van der Waals surface area contributed by atoms with Crippen molar-refractivity contribution in [1.82, 2.24) is 4.90 Å². The Kier molecular flexibility index (Phi) is 6.42. The molecule has 1 saturated heterocycles. The number of benzene rings is 2. The molecule has 0 saturated carbocycles. The maximum Gasteiger partial charge on any atom is 0.242 e. The maximum absolute atomic E-state index is 13.0. The van der Waals surface area contributed by atoms with Crippen molar-refractivity contribution in [3.8, 4) is 5.75 Å². The molecule has 1 aliphatic heterocycles. The van der Waals surface area contributed by atoms with Gasteiger partial charge in [0.1, 0.15) is 12.3 Å². The number of rotatable bonds is 5. The number of aryl methyl sites for hydroxylation is 2. The van der Waals surface area contributed by atoms with Gasteiger partial charge in [-0.25, -0.2) is 0 Å². The van der Waals surface area contributed by atoms with E-state index in [0.717, 1.165) is 41.3 Å². The molecule has 154 valence electrons. The monoisotopic (exact) mass is 395 g/mol. The number of carbonyl (C=O) groups is 2. The number of anilines is 2. The van der Waals surface area contributed by atoms with Crippen LogP contribution in [-0.4, -0.2) is 56.5 Å². The minimum atomic E-state index is -0.122. The molecule has 2 aromatic carbocycles. The van der Waals surface area contributed by atoms with Crippen LogP contribution in [0.25, 0.3) is 0 Å². The van der Waals surface area contributed by atoms with Crippen LogP contribution in [0.2, 0.25) is 0 Å². The molecule has 0 spiro atoms. The van der Waals surface area contributed by atoms with Gasteiger partial charge in [-0.1, -0.05) is 30.3 Å². The van der Waals surface area contributed by atoms with Crippen LogP contribution in [0.5, 0.6) is 5.75 Å². The molecule has 6 heteroatoms. The summed E-state index contributed by atoms with van der Waals surface area (Å²) in [4.78, 5) is 30.9. The average molecular weight is 396 g/mol. The molecular weight excluding hydrogens is 366 g/mol. The highest BCUT2D eigenvalue weighted by atomic mass is 16.5. The van der Waals surface area contributed by atoms with Crippen LogP contribution in [0.1, 0.15) is 18.1 Å². The fourth-order valence-electron chi connectivity index (χ4n) is 3.90. The summed E-state index contributed by atoms with van der Waals surface area (Å²) in [5.41, 5.74) is 3.87. The molecule has 1 aliphatic rings. The SMILES string of the molecule is COc1ccccc1N1CCN(C(=O)CN(C(C)=O)c2c(C)cccc2C)CC1. The summed E-state index contributed by atoms with van der Waals surface area (Å²) < 4.78 is 5.46. The first-order valence-electron chi connectivity index (χ1n) is 9.92. The molecular formula is C23H29N3O3. The van der Waals surface area contributed by atoms with Gasteiger partial charge in [0.15, 0.2) is 0 Å². The number of ether oxygens (including phenoxy) is 1. The van der Waals surface area contributed by atoms with Gasteiger partial charge < -0.3 is 19.4 Å². The van der Waals surface area contributed by atoms with Crippen molar-refractivity contribution in [3.05, 3.63) is 53.6 Å². The standard InChI is InChI=1S/C23H29N3O3/c1-17-8-7-9-18(2)23(17)26(19(3)27)16-22(28)25-14-12-24(13-15-25)20-10-5-6-11-21(20)29-4/h5-11H,12-16H2,1-4H3. The summed E-state index contributed by atoms with van der Waals surface area (Å²) in [6.07, 6.45) is 0. The van der Waals surface area contributed by atoms with Crippen LogP contribution in [0, 0.1) is 13.8 Å². The van der Waals surface area contributed by atoms with Crippen molar-refractivity contribution < 1.29 is 14.3 Å². The molecule has 0 N–H and O–H groups in total. The summed E-state index contributed by atoms with van der Waals surface area (Å²) in [6.45, 7) is 8.22. The van der Waals surface area contributed by atoms with Crippen LogP contribution < -0.4 is 14.5 Å². The molecule has 0 aliphatic carbocycles. The van der Waals surface area contributed by atoms with E-state index in [1.807, 2.05) is 61.2 Å². The van der Waals surface area contributed by atoms with E-state index in [1.165, 1.54) is 6.92 Å². The van der Waals surface area contributed by atoms with Crippen molar-refractivity contribution in [2.24, 2.45) is 0 Å². The molecule has 0 bridgehead atoms. The number of hydrogen-bond donors (Lipinski definition) is 0. The Morgan fingerprint density at radius 2 is 1.59 bits per heavy atom. The number of amides is 2. The Hall–Kier alpha value is -3.02. The van der Waals surface area contributed by atoms with E-state index in [4.69, 9.17) is 4.74 Å². The van der Waals surface area contributed by atoms with Gasteiger partial charge in [0, 0.05) is 33.1 Å². The quantitative estimate of drug-likeness (QED) is 0.781. The van der Waals surface area contributed by atoms with Crippen molar-refractivity contribution in [2.45, 2.75) is 20.8 Å². The van der Waals surface area contributed by atoms with E-state index in [0.29, 0.717) is 13.1 Å². The first kappa shape index (κ1) is 20.7. The van der Waals surface area contributed by atoms with Gasteiger partial charge in [0.2, 0.25) is 11.8 Å². The van der Waals surface area contributed by atoms with Gasteiger partial charge in [-0.15, -0.1) is 0 Å². The zero-order valence-corrected chi connectivity index (χ0v) is 17.6. The van der Waals surface area contributed by atoms with E-state index in [-0.39, 0.29) is 18.4 Å². The zero-order chi connectivity index (χ0) is 21.0. The minimum absolute atomic E-state index is 0.0254. The van der Waals surface area contributed by atoms with Crippen LogP contribution in [0.15, 0.2) is 42.5 Å². The second-order valence-corrected chi connectivity index (χ2v) is 7.39. The van der Waals surface area contributed by atoms with E-state index >= 15 is 0 Å². The Labute approximate surface area is 172 Å². The number of carbonyl (C=O) groups excluding carboxylic acids is 2. The highest BCUT2D eigenvalue weighted by Gasteiger charge is 2.26. The number of hydrogen-bond acceptors (Lipinski definition) is 4. The Bertz CT molecular complexity index is 868. The summed E-state index contributed by atoms with van der Waals surface area (Å²) >= 11 is 0. The smallest absolute Gasteiger partial charge is 0.242 e. The van der Waals surface area contributed by atoms with Gasteiger partial charge >= 0.3 is 0 Å². The topological polar surface area (TPSA) is 53.1 Å². The van der Waals surface area contributed by atoms with Crippen LogP contribution in [-0.2, 0) is 9.59 Å². The van der Waals surface area contributed by atoms with Crippen molar-refractivity contribution >= 4 is 23.2 Å². The predicted octanol–water partition coefficient (Wildman–Crippen LogP) is 3.01. The van der Waals surface area contributed by atoms with E-state index in [9.17, 15) is 9.59 Å². The Morgan fingerprint density at radius 1 is 0.966 bits per heavy atom. The number of piperazine rings is 1.